The molecule has 5 nitrogen and oxygen atoms in total. The number of methoxy groups -OCH3 is 1. The number of rotatable bonds is 6. The predicted molar refractivity (Wildman–Crippen MR) is 70.0 cm³/mol. The maximum atomic E-state index is 11.0. The molecule has 1 rings (SSSR count). The minimum Gasteiger partial charge on any atom is -0.493 e. The third-order valence-corrected chi connectivity index (χ3v) is 2.70. The van der Waals surface area contributed by atoms with Gasteiger partial charge in [0, 0.05) is 0 Å². The van der Waals surface area contributed by atoms with Crippen LogP contribution in [0.25, 0.3) is 0 Å². The van der Waals surface area contributed by atoms with Crippen LogP contribution in [0.2, 0.25) is 5.02 Å². The van der Waals surface area contributed by atoms with E-state index < -0.39 is 12.0 Å². The number of hydrogen-bond donors (Lipinski definition) is 2. The van der Waals surface area contributed by atoms with Crippen LogP contribution in [-0.2, 0) is 11.2 Å². The number of amides is 1. The summed E-state index contributed by atoms with van der Waals surface area (Å²) in [7, 11) is 1.50. The Labute approximate surface area is 111 Å². The Morgan fingerprint density at radius 3 is 2.67 bits per heavy atom. The summed E-state index contributed by atoms with van der Waals surface area (Å²) in [4.78, 5) is 11.0. The number of hydrogen-bond acceptors (Lipinski definition) is 4. The average molecular weight is 273 g/mol. The van der Waals surface area contributed by atoms with Gasteiger partial charge in [0.05, 0.1) is 12.1 Å². The highest BCUT2D eigenvalue weighted by Crippen LogP contribution is 2.37. The topological polar surface area (TPSA) is 87.6 Å². The van der Waals surface area contributed by atoms with Crippen molar-refractivity contribution in [1.82, 2.24) is 0 Å². The van der Waals surface area contributed by atoms with Gasteiger partial charge in [0.2, 0.25) is 0 Å². The van der Waals surface area contributed by atoms with Crippen molar-refractivity contribution < 1.29 is 14.3 Å². The molecule has 0 fully saturated rings. The Bertz CT molecular complexity index is 438. The molecule has 0 aliphatic rings. The van der Waals surface area contributed by atoms with Gasteiger partial charge in [-0.05, 0) is 37.6 Å². The summed E-state index contributed by atoms with van der Waals surface area (Å²) in [5, 5.41) is 0.367. The standard InChI is InChI=1S/C12H17ClN2O3/c1-7(12(15)16)18-11-9(13)5-8(3-4-14)6-10(11)17-2/h5-7H,3-4,14H2,1-2H3,(H2,15,16). The zero-order valence-corrected chi connectivity index (χ0v) is 11.2. The molecule has 1 amide bonds. The van der Waals surface area contributed by atoms with E-state index in [1.54, 1.807) is 19.1 Å². The molecule has 0 aromatic heterocycles. The zero-order chi connectivity index (χ0) is 13.7. The molecule has 0 heterocycles. The third kappa shape index (κ3) is 3.51. The second-order valence-electron chi connectivity index (χ2n) is 3.81. The van der Waals surface area contributed by atoms with E-state index in [9.17, 15) is 4.79 Å². The molecular weight excluding hydrogens is 256 g/mol. The van der Waals surface area contributed by atoms with Gasteiger partial charge >= 0.3 is 0 Å². The van der Waals surface area contributed by atoms with Crippen LogP contribution < -0.4 is 20.9 Å². The van der Waals surface area contributed by atoms with Crippen molar-refractivity contribution in [2.75, 3.05) is 13.7 Å². The number of halogens is 1. The van der Waals surface area contributed by atoms with Crippen LogP contribution in [0.15, 0.2) is 12.1 Å². The van der Waals surface area contributed by atoms with E-state index >= 15 is 0 Å². The van der Waals surface area contributed by atoms with E-state index in [-0.39, 0.29) is 0 Å². The van der Waals surface area contributed by atoms with Crippen molar-refractivity contribution in [3.63, 3.8) is 0 Å². The van der Waals surface area contributed by atoms with E-state index in [4.69, 9.17) is 32.5 Å². The van der Waals surface area contributed by atoms with Gasteiger partial charge in [-0.3, -0.25) is 4.79 Å². The van der Waals surface area contributed by atoms with Gasteiger partial charge in [-0.15, -0.1) is 0 Å². The van der Waals surface area contributed by atoms with Crippen LogP contribution in [0.3, 0.4) is 0 Å². The Morgan fingerprint density at radius 1 is 1.50 bits per heavy atom. The Morgan fingerprint density at radius 2 is 2.17 bits per heavy atom. The number of primary amides is 1. The fourth-order valence-corrected chi connectivity index (χ4v) is 1.71. The monoisotopic (exact) mass is 272 g/mol. The largest absolute Gasteiger partial charge is 0.493 e. The van der Waals surface area contributed by atoms with Crippen LogP contribution >= 0.6 is 11.6 Å². The van der Waals surface area contributed by atoms with Crippen LogP contribution in [-0.4, -0.2) is 25.7 Å². The number of ether oxygens (including phenoxy) is 2. The lowest BCUT2D eigenvalue weighted by Crippen LogP contribution is -2.30. The number of benzene rings is 1. The summed E-state index contributed by atoms with van der Waals surface area (Å²) in [6.07, 6.45) is -0.0985. The summed E-state index contributed by atoms with van der Waals surface area (Å²) < 4.78 is 10.6. The number of carbonyl (C=O) groups is 1. The highest BCUT2D eigenvalue weighted by atomic mass is 35.5. The van der Waals surface area contributed by atoms with Gasteiger partial charge < -0.3 is 20.9 Å². The zero-order valence-electron chi connectivity index (χ0n) is 10.4. The Hall–Kier alpha value is -1.46. The second kappa shape index (κ2) is 6.47. The van der Waals surface area contributed by atoms with E-state index in [1.165, 1.54) is 7.11 Å². The SMILES string of the molecule is COc1cc(CCN)cc(Cl)c1OC(C)C(N)=O. The van der Waals surface area contributed by atoms with Gasteiger partial charge in [-0.2, -0.15) is 0 Å². The van der Waals surface area contributed by atoms with Crippen molar-refractivity contribution in [3.8, 4) is 11.5 Å². The summed E-state index contributed by atoms with van der Waals surface area (Å²) >= 11 is 6.10. The first-order valence-electron chi connectivity index (χ1n) is 5.52. The molecule has 6 heteroatoms. The average Bonchev–Trinajstić information content (AvgIpc) is 2.32. The lowest BCUT2D eigenvalue weighted by atomic mass is 10.1. The second-order valence-corrected chi connectivity index (χ2v) is 4.22. The van der Waals surface area contributed by atoms with Gasteiger partial charge in [0.25, 0.3) is 5.91 Å². The first-order chi connectivity index (χ1) is 8.49. The van der Waals surface area contributed by atoms with Gasteiger partial charge in [0.1, 0.15) is 0 Å². The molecular formula is C12H17ClN2O3. The molecule has 0 aliphatic heterocycles. The Kier molecular flexibility index (Phi) is 5.25. The lowest BCUT2D eigenvalue weighted by molar-refractivity contribution is -0.124. The molecule has 18 heavy (non-hydrogen) atoms. The molecule has 0 saturated heterocycles. The summed E-state index contributed by atoms with van der Waals surface area (Å²) in [6.45, 7) is 2.06. The third-order valence-electron chi connectivity index (χ3n) is 2.42. The van der Waals surface area contributed by atoms with Crippen molar-refractivity contribution in [2.24, 2.45) is 11.5 Å². The minimum atomic E-state index is -0.781. The van der Waals surface area contributed by atoms with Crippen molar-refractivity contribution in [3.05, 3.63) is 22.7 Å². The molecule has 0 spiro atoms. The smallest absolute Gasteiger partial charge is 0.258 e. The van der Waals surface area contributed by atoms with Gasteiger partial charge in [0.15, 0.2) is 17.6 Å². The van der Waals surface area contributed by atoms with E-state index in [0.29, 0.717) is 29.5 Å². The molecule has 100 valence electrons. The van der Waals surface area contributed by atoms with Crippen molar-refractivity contribution in [2.45, 2.75) is 19.4 Å². The van der Waals surface area contributed by atoms with Crippen LogP contribution in [0.5, 0.6) is 11.5 Å². The highest BCUT2D eigenvalue weighted by molar-refractivity contribution is 6.32. The van der Waals surface area contributed by atoms with Crippen molar-refractivity contribution in [1.29, 1.82) is 0 Å². The predicted octanol–water partition coefficient (Wildman–Crippen LogP) is 1.10. The maximum Gasteiger partial charge on any atom is 0.258 e. The molecule has 1 atom stereocenters. The van der Waals surface area contributed by atoms with Crippen LogP contribution in [0.1, 0.15) is 12.5 Å². The first-order valence-corrected chi connectivity index (χ1v) is 5.89. The first kappa shape index (κ1) is 14.6. The molecule has 4 N–H and O–H groups in total. The number of nitrogens with two attached hydrogens (primary N) is 2. The molecule has 0 bridgehead atoms. The van der Waals surface area contributed by atoms with E-state index in [2.05, 4.69) is 0 Å². The molecule has 1 unspecified atom stereocenters. The molecule has 1 aromatic rings. The normalized spacial score (nSPS) is 12.0. The summed E-state index contributed by atoms with van der Waals surface area (Å²) in [6, 6.07) is 3.52. The molecule has 0 radical (unpaired) electrons. The van der Waals surface area contributed by atoms with Gasteiger partial charge in [-0.1, -0.05) is 11.6 Å². The summed E-state index contributed by atoms with van der Waals surface area (Å²) in [5.74, 6) is 0.199. The lowest BCUT2D eigenvalue weighted by Gasteiger charge is -2.16. The van der Waals surface area contributed by atoms with E-state index in [1.807, 2.05) is 0 Å². The number of carbonyl (C=O) groups excluding carboxylic acids is 1. The van der Waals surface area contributed by atoms with Crippen molar-refractivity contribution >= 4 is 17.5 Å². The van der Waals surface area contributed by atoms with Crippen LogP contribution in [0.4, 0.5) is 0 Å². The van der Waals surface area contributed by atoms with Crippen LogP contribution in [0, 0.1) is 0 Å². The maximum absolute atomic E-state index is 11.0. The summed E-state index contributed by atoms with van der Waals surface area (Å²) in [5.41, 5.74) is 11.6. The van der Waals surface area contributed by atoms with E-state index in [0.717, 1.165) is 5.56 Å². The quantitative estimate of drug-likeness (QED) is 0.812. The fraction of sp³-hybridized carbons (Fsp3) is 0.417. The molecule has 1 aromatic carbocycles. The van der Waals surface area contributed by atoms with Gasteiger partial charge in [-0.25, -0.2) is 0 Å². The fourth-order valence-electron chi connectivity index (χ4n) is 1.43. The minimum absolute atomic E-state index is 0.311. The highest BCUT2D eigenvalue weighted by Gasteiger charge is 2.17. The molecule has 0 aliphatic carbocycles. The molecule has 0 saturated carbocycles. The Balaban J connectivity index is 3.06.